The Morgan fingerprint density at radius 3 is 2.44 bits per heavy atom. The van der Waals surface area contributed by atoms with Gasteiger partial charge in [0.1, 0.15) is 5.75 Å². The van der Waals surface area contributed by atoms with Crippen LogP contribution in [0, 0.1) is 22.9 Å². The highest BCUT2D eigenvalue weighted by Gasteiger charge is 2.28. The van der Waals surface area contributed by atoms with Crippen LogP contribution in [0.2, 0.25) is 0 Å². The molecule has 0 saturated carbocycles. The molecule has 1 amide bonds. The number of methoxy groups -OCH3 is 1. The van der Waals surface area contributed by atoms with E-state index >= 15 is 0 Å². The summed E-state index contributed by atoms with van der Waals surface area (Å²) in [5.74, 6) is -0.552. The molecule has 0 aliphatic carbocycles. The van der Waals surface area contributed by atoms with Gasteiger partial charge in [0.25, 0.3) is 11.6 Å². The van der Waals surface area contributed by atoms with E-state index in [4.69, 9.17) is 9.47 Å². The van der Waals surface area contributed by atoms with Crippen molar-refractivity contribution in [2.75, 3.05) is 20.2 Å². The molecule has 2 heterocycles. The Bertz CT molecular complexity index is 1170. The number of aromatic nitrogens is 2. The van der Waals surface area contributed by atoms with Crippen LogP contribution >= 0.6 is 0 Å². The first-order valence-electron chi connectivity index (χ1n) is 10.0. The predicted molar refractivity (Wildman–Crippen MR) is 113 cm³/mol. The zero-order chi connectivity index (χ0) is 22.8. The minimum atomic E-state index is -0.895. The average Bonchev–Trinajstić information content (AvgIpc) is 3.44. The molecule has 0 N–H and O–H groups in total. The van der Waals surface area contributed by atoms with E-state index in [-0.39, 0.29) is 28.9 Å². The average molecular weight is 440 g/mol. The number of rotatable bonds is 6. The lowest BCUT2D eigenvalue weighted by molar-refractivity contribution is -0.385. The van der Waals surface area contributed by atoms with Crippen LogP contribution < -0.4 is 9.47 Å². The molecule has 0 atom stereocenters. The van der Waals surface area contributed by atoms with E-state index in [0.29, 0.717) is 30.1 Å². The number of carbonyl (C=O) groups is 1. The van der Waals surface area contributed by atoms with Crippen LogP contribution in [-0.4, -0.2) is 45.7 Å². The van der Waals surface area contributed by atoms with Crippen LogP contribution in [0.1, 0.15) is 28.9 Å². The molecule has 1 fully saturated rings. The fraction of sp³-hybridized carbons (Fsp3) is 0.273. The Morgan fingerprint density at radius 1 is 1.16 bits per heavy atom. The molecule has 10 heteroatoms. The first-order chi connectivity index (χ1) is 15.4. The van der Waals surface area contributed by atoms with Crippen LogP contribution in [0.15, 0.2) is 42.5 Å². The summed E-state index contributed by atoms with van der Waals surface area (Å²) in [6.07, 6.45) is 1.86. The van der Waals surface area contributed by atoms with Gasteiger partial charge in [0.2, 0.25) is 5.88 Å². The van der Waals surface area contributed by atoms with Crippen molar-refractivity contribution >= 4 is 11.6 Å². The van der Waals surface area contributed by atoms with Crippen LogP contribution in [-0.2, 0) is 0 Å². The van der Waals surface area contributed by atoms with Gasteiger partial charge in [0.15, 0.2) is 17.3 Å². The molecule has 166 valence electrons. The fourth-order valence-electron chi connectivity index (χ4n) is 3.56. The molecule has 9 nitrogen and oxygen atoms in total. The number of amides is 1. The summed E-state index contributed by atoms with van der Waals surface area (Å²) in [5.41, 5.74) is 0.835. The maximum absolute atomic E-state index is 14.5. The molecule has 4 rings (SSSR count). The Balaban J connectivity index is 1.78. The van der Waals surface area contributed by atoms with Gasteiger partial charge in [-0.25, -0.2) is 4.39 Å². The number of non-ortho nitro benzene ring substituents is 1. The normalized spacial score (nSPS) is 13.3. The van der Waals surface area contributed by atoms with Crippen molar-refractivity contribution in [2.45, 2.75) is 19.8 Å². The van der Waals surface area contributed by atoms with E-state index in [9.17, 15) is 19.3 Å². The number of hydrogen-bond acceptors (Lipinski definition) is 6. The molecule has 2 aromatic carbocycles. The molecule has 32 heavy (non-hydrogen) atoms. The van der Waals surface area contributed by atoms with E-state index in [1.807, 2.05) is 0 Å². The quantitative estimate of drug-likeness (QED) is 0.419. The summed E-state index contributed by atoms with van der Waals surface area (Å²) >= 11 is 0. The van der Waals surface area contributed by atoms with Gasteiger partial charge in [-0.3, -0.25) is 14.9 Å². The number of hydrogen-bond donors (Lipinski definition) is 0. The van der Waals surface area contributed by atoms with Gasteiger partial charge in [-0.1, -0.05) is 0 Å². The summed E-state index contributed by atoms with van der Waals surface area (Å²) < 4.78 is 26.9. The maximum atomic E-state index is 14.5. The van der Waals surface area contributed by atoms with Crippen molar-refractivity contribution in [3.05, 3.63) is 69.7 Å². The molecule has 0 bridgehead atoms. The number of benzene rings is 2. The summed E-state index contributed by atoms with van der Waals surface area (Å²) in [6.45, 7) is 2.98. The lowest BCUT2D eigenvalue weighted by atomic mass is 10.2. The number of nitro benzene ring substituents is 1. The van der Waals surface area contributed by atoms with E-state index < -0.39 is 10.7 Å². The van der Waals surface area contributed by atoms with Crippen LogP contribution in [0.5, 0.6) is 17.4 Å². The number of likely N-dealkylation sites (tertiary alicyclic amines) is 1. The van der Waals surface area contributed by atoms with Crippen molar-refractivity contribution in [3.8, 4) is 23.1 Å². The number of nitrogens with zero attached hydrogens (tertiary/aromatic N) is 4. The van der Waals surface area contributed by atoms with Crippen molar-refractivity contribution in [2.24, 2.45) is 0 Å². The van der Waals surface area contributed by atoms with Gasteiger partial charge in [-0.15, -0.1) is 0 Å². The molecule has 0 spiro atoms. The third-order valence-corrected chi connectivity index (χ3v) is 5.31. The molecule has 1 aliphatic rings. The Kier molecular flexibility index (Phi) is 5.76. The number of ether oxygens (including phenoxy) is 2. The largest absolute Gasteiger partial charge is 0.497 e. The van der Waals surface area contributed by atoms with Crippen molar-refractivity contribution in [3.63, 3.8) is 0 Å². The highest BCUT2D eigenvalue weighted by Crippen LogP contribution is 2.34. The third-order valence-electron chi connectivity index (χ3n) is 5.31. The first-order valence-corrected chi connectivity index (χ1v) is 10.0. The standard InChI is InChI=1S/C22H21FN4O5/c1-14-20(21(28)25-11-3-4-12-25)24-26(15-5-8-17(31-2)9-6-15)22(14)32-19-10-7-16(27(29)30)13-18(19)23/h5-10,13H,3-4,11-12H2,1-2H3. The second kappa shape index (κ2) is 8.66. The van der Waals surface area contributed by atoms with Crippen molar-refractivity contribution < 1.29 is 23.6 Å². The number of carbonyl (C=O) groups excluding carboxylic acids is 1. The first kappa shape index (κ1) is 21.3. The lowest BCUT2D eigenvalue weighted by Crippen LogP contribution is -2.28. The SMILES string of the molecule is COc1ccc(-n2nc(C(=O)N3CCCC3)c(C)c2Oc2ccc([N+](=O)[O-])cc2F)cc1. The molecule has 3 aromatic rings. The minimum absolute atomic E-state index is 0.144. The summed E-state index contributed by atoms with van der Waals surface area (Å²) in [6, 6.07) is 10.0. The Hall–Kier alpha value is -3.95. The van der Waals surface area contributed by atoms with Gasteiger partial charge in [0, 0.05) is 24.7 Å². The molecular formula is C22H21FN4O5. The highest BCUT2D eigenvalue weighted by molar-refractivity contribution is 5.94. The van der Waals surface area contributed by atoms with Gasteiger partial charge < -0.3 is 14.4 Å². The monoisotopic (exact) mass is 440 g/mol. The topological polar surface area (TPSA) is 99.7 Å². The predicted octanol–water partition coefficient (Wildman–Crippen LogP) is 4.26. The van der Waals surface area contributed by atoms with Gasteiger partial charge in [-0.05, 0) is 50.1 Å². The lowest BCUT2D eigenvalue weighted by Gasteiger charge is -2.13. The molecular weight excluding hydrogens is 419 g/mol. The summed E-state index contributed by atoms with van der Waals surface area (Å²) in [4.78, 5) is 25.0. The van der Waals surface area contributed by atoms with Gasteiger partial charge >= 0.3 is 0 Å². The van der Waals surface area contributed by atoms with Crippen LogP contribution in [0.4, 0.5) is 10.1 Å². The van der Waals surface area contributed by atoms with Crippen LogP contribution in [0.3, 0.4) is 0 Å². The third kappa shape index (κ3) is 3.98. The fourth-order valence-corrected chi connectivity index (χ4v) is 3.56. The number of nitro groups is 1. The van der Waals surface area contributed by atoms with E-state index in [1.54, 1.807) is 43.2 Å². The molecule has 0 unspecified atom stereocenters. The molecule has 1 aromatic heterocycles. The summed E-state index contributed by atoms with van der Waals surface area (Å²) in [5, 5.41) is 15.4. The Morgan fingerprint density at radius 2 is 1.84 bits per heavy atom. The van der Waals surface area contributed by atoms with Gasteiger partial charge in [0.05, 0.1) is 23.8 Å². The zero-order valence-corrected chi connectivity index (χ0v) is 17.6. The molecule has 1 aliphatic heterocycles. The maximum Gasteiger partial charge on any atom is 0.274 e. The van der Waals surface area contributed by atoms with Crippen molar-refractivity contribution in [1.82, 2.24) is 14.7 Å². The zero-order valence-electron chi connectivity index (χ0n) is 17.6. The van der Waals surface area contributed by atoms with E-state index in [0.717, 1.165) is 25.0 Å². The highest BCUT2D eigenvalue weighted by atomic mass is 19.1. The Labute approximate surface area is 183 Å². The van der Waals surface area contributed by atoms with Gasteiger partial charge in [-0.2, -0.15) is 9.78 Å². The van der Waals surface area contributed by atoms with E-state index in [2.05, 4.69) is 5.10 Å². The van der Waals surface area contributed by atoms with Crippen LogP contribution in [0.25, 0.3) is 5.69 Å². The summed E-state index contributed by atoms with van der Waals surface area (Å²) in [7, 11) is 1.55. The second-order valence-corrected chi connectivity index (χ2v) is 7.36. The second-order valence-electron chi connectivity index (χ2n) is 7.36. The van der Waals surface area contributed by atoms with E-state index in [1.165, 1.54) is 10.7 Å². The minimum Gasteiger partial charge on any atom is -0.497 e. The van der Waals surface area contributed by atoms with Crippen molar-refractivity contribution in [1.29, 1.82) is 0 Å². The molecule has 1 saturated heterocycles. The smallest absolute Gasteiger partial charge is 0.274 e. The molecule has 0 radical (unpaired) electrons. The number of halogens is 1.